The number of hydrogen-bond acceptors (Lipinski definition) is 10. The summed E-state index contributed by atoms with van der Waals surface area (Å²) in [6.45, 7) is -2.55. The number of Topliss-reactive ketones (excluding diaryl/α,β-unsaturated/α-hetero) is 1. The van der Waals surface area contributed by atoms with Crippen LogP contribution in [0.3, 0.4) is 0 Å². The molecule has 120 valence electrons. The van der Waals surface area contributed by atoms with E-state index in [0.717, 1.165) is 0 Å². The van der Waals surface area contributed by atoms with E-state index < -0.39 is 58.1 Å². The molecule has 5 N–H and O–H groups in total. The molecule has 0 unspecified atom stereocenters. The highest BCUT2D eigenvalue weighted by Crippen LogP contribution is 2.10. The average Bonchev–Trinajstić information content (AvgIpc) is 2.29. The van der Waals surface area contributed by atoms with Crippen molar-refractivity contribution < 1.29 is 54.4 Å². The smallest absolute Gasteiger partial charge is 0.394 e. The van der Waals surface area contributed by atoms with Crippen molar-refractivity contribution >= 4 is 26.6 Å². The number of aliphatic hydroxyl groups is 3. The third-order valence-corrected chi connectivity index (χ3v) is 2.67. The zero-order valence-corrected chi connectivity index (χ0v) is 11.2. The van der Waals surface area contributed by atoms with Crippen LogP contribution in [-0.2, 0) is 34.0 Å². The molecule has 0 saturated carbocycles. The third-order valence-electron chi connectivity index (χ3n) is 1.79. The fraction of sp³-hybridized carbons (Fsp3) is 0.833. The largest absolute Gasteiger partial charge is 0.397 e. The highest BCUT2D eigenvalue weighted by atomic mass is 32.3. The monoisotopic (exact) mass is 340 g/mol. The molecule has 0 fully saturated rings. The van der Waals surface area contributed by atoms with Gasteiger partial charge >= 0.3 is 20.8 Å². The van der Waals surface area contributed by atoms with Crippen LogP contribution in [0.2, 0.25) is 0 Å². The number of aliphatic hydroxyl groups excluding tert-OH is 3. The molecule has 20 heavy (non-hydrogen) atoms. The summed E-state index contributed by atoms with van der Waals surface area (Å²) in [6.07, 6.45) is -6.88. The third kappa shape index (κ3) is 7.78. The van der Waals surface area contributed by atoms with E-state index in [0.29, 0.717) is 0 Å². The average molecular weight is 340 g/mol. The van der Waals surface area contributed by atoms with Crippen LogP contribution < -0.4 is 0 Å². The van der Waals surface area contributed by atoms with Gasteiger partial charge in [0.1, 0.15) is 24.9 Å². The predicted molar refractivity (Wildman–Crippen MR) is 58.0 cm³/mol. The summed E-state index contributed by atoms with van der Waals surface area (Å²) in [5.41, 5.74) is 0. The molecule has 0 radical (unpaired) electrons. The van der Waals surface area contributed by atoms with Gasteiger partial charge in [0.05, 0.1) is 6.61 Å². The summed E-state index contributed by atoms with van der Waals surface area (Å²) in [7, 11) is -10.2. The van der Waals surface area contributed by atoms with E-state index in [1.54, 1.807) is 0 Å². The van der Waals surface area contributed by atoms with Gasteiger partial charge in [0, 0.05) is 0 Å². The zero-order chi connectivity index (χ0) is 16.1. The Morgan fingerprint density at radius 3 is 1.90 bits per heavy atom. The lowest BCUT2D eigenvalue weighted by molar-refractivity contribution is -0.140. The Morgan fingerprint density at radius 2 is 1.55 bits per heavy atom. The van der Waals surface area contributed by atoms with Gasteiger partial charge in [-0.25, -0.2) is 8.37 Å². The lowest BCUT2D eigenvalue weighted by Gasteiger charge is -2.23. The fourth-order valence-corrected chi connectivity index (χ4v) is 1.75. The molecule has 0 aromatic heterocycles. The number of ketones is 1. The molecule has 0 rings (SSSR count). The molecule has 0 aromatic rings. The van der Waals surface area contributed by atoms with Gasteiger partial charge in [0.15, 0.2) is 5.78 Å². The van der Waals surface area contributed by atoms with Gasteiger partial charge in [0.25, 0.3) is 0 Å². The van der Waals surface area contributed by atoms with Crippen LogP contribution in [0.1, 0.15) is 0 Å². The number of hydrogen-bond donors (Lipinski definition) is 5. The first kappa shape index (κ1) is 19.3. The predicted octanol–water partition coefficient (Wildman–Crippen LogP) is -3.72. The van der Waals surface area contributed by atoms with Gasteiger partial charge in [-0.05, 0) is 0 Å². The van der Waals surface area contributed by atoms with E-state index in [4.69, 9.17) is 19.3 Å². The molecule has 0 aliphatic rings. The van der Waals surface area contributed by atoms with Gasteiger partial charge in [0.2, 0.25) is 0 Å². The lowest BCUT2D eigenvalue weighted by Crippen LogP contribution is -2.47. The SMILES string of the molecule is O=C(COS(=O)(=O)O)[C@@H](O)[C@H](OS(=O)(=O)O)[C@H](O)CO. The molecule has 0 aliphatic carbocycles. The summed E-state index contributed by atoms with van der Waals surface area (Å²) in [4.78, 5) is 11.2. The first-order valence-electron chi connectivity index (χ1n) is 4.64. The first-order chi connectivity index (χ1) is 8.87. The normalized spacial score (nSPS) is 17.4. The van der Waals surface area contributed by atoms with Crippen molar-refractivity contribution in [2.75, 3.05) is 13.2 Å². The highest BCUT2D eigenvalue weighted by Gasteiger charge is 2.36. The van der Waals surface area contributed by atoms with Gasteiger partial charge in [-0.2, -0.15) is 16.8 Å². The van der Waals surface area contributed by atoms with Crippen molar-refractivity contribution in [3.05, 3.63) is 0 Å². The molecule has 0 heterocycles. The van der Waals surface area contributed by atoms with Gasteiger partial charge in [-0.1, -0.05) is 0 Å². The van der Waals surface area contributed by atoms with Crippen LogP contribution in [0.4, 0.5) is 0 Å². The van der Waals surface area contributed by atoms with E-state index >= 15 is 0 Å². The molecule has 0 aromatic carbocycles. The summed E-state index contributed by atoms with van der Waals surface area (Å²) >= 11 is 0. The fourth-order valence-electron chi connectivity index (χ4n) is 0.973. The standard InChI is InChI=1S/C6H12O12S2/c7-1-3(8)6(18-20(14,15)16)5(10)4(9)2-17-19(11,12)13/h3,5-8,10H,1-2H2,(H,11,12,13)(H,14,15,16)/t3-,5-,6-/m1/s1. The molecular formula is C6H12O12S2. The maximum atomic E-state index is 11.2. The second-order valence-corrected chi connectivity index (χ2v) is 5.48. The quantitative estimate of drug-likeness (QED) is 0.257. The minimum atomic E-state index is -5.19. The van der Waals surface area contributed by atoms with Crippen LogP contribution in [0.15, 0.2) is 0 Å². The first-order valence-corrected chi connectivity index (χ1v) is 7.37. The van der Waals surface area contributed by atoms with Crippen molar-refractivity contribution in [3.8, 4) is 0 Å². The second kappa shape index (κ2) is 7.34. The molecular weight excluding hydrogens is 328 g/mol. The van der Waals surface area contributed by atoms with E-state index in [2.05, 4.69) is 8.37 Å². The highest BCUT2D eigenvalue weighted by molar-refractivity contribution is 7.81. The minimum absolute atomic E-state index is 1.15. The maximum Gasteiger partial charge on any atom is 0.397 e. The maximum absolute atomic E-state index is 11.2. The summed E-state index contributed by atoms with van der Waals surface area (Å²) < 4.78 is 65.3. The van der Waals surface area contributed by atoms with Gasteiger partial charge in [-0.3, -0.25) is 13.9 Å². The Hall–Kier alpha value is -0.710. The van der Waals surface area contributed by atoms with Crippen molar-refractivity contribution in [2.45, 2.75) is 18.3 Å². The summed E-state index contributed by atoms with van der Waals surface area (Å²) in [5.74, 6) is -1.51. The number of carbonyl (C=O) groups excluding carboxylic acids is 1. The molecule has 0 aliphatic heterocycles. The zero-order valence-electron chi connectivity index (χ0n) is 9.56. The number of carbonyl (C=O) groups is 1. The topological polar surface area (TPSA) is 205 Å². The molecule has 0 spiro atoms. The van der Waals surface area contributed by atoms with Gasteiger partial charge < -0.3 is 15.3 Å². The molecule has 12 nitrogen and oxygen atoms in total. The number of rotatable bonds is 9. The molecule has 0 bridgehead atoms. The van der Waals surface area contributed by atoms with Crippen LogP contribution >= 0.6 is 0 Å². The Labute approximate surface area is 113 Å². The van der Waals surface area contributed by atoms with Crippen molar-refractivity contribution in [1.82, 2.24) is 0 Å². The molecule has 0 amide bonds. The van der Waals surface area contributed by atoms with E-state index in [-0.39, 0.29) is 0 Å². The molecule has 0 saturated heterocycles. The van der Waals surface area contributed by atoms with Crippen molar-refractivity contribution in [3.63, 3.8) is 0 Å². The summed E-state index contributed by atoms with van der Waals surface area (Å²) in [6, 6.07) is 0. The minimum Gasteiger partial charge on any atom is -0.394 e. The van der Waals surface area contributed by atoms with Gasteiger partial charge in [-0.15, -0.1) is 0 Å². The van der Waals surface area contributed by atoms with Crippen LogP contribution in [0.5, 0.6) is 0 Å². The van der Waals surface area contributed by atoms with Crippen LogP contribution in [0.25, 0.3) is 0 Å². The van der Waals surface area contributed by atoms with Crippen molar-refractivity contribution in [2.24, 2.45) is 0 Å². The van der Waals surface area contributed by atoms with E-state index in [1.165, 1.54) is 0 Å². The van der Waals surface area contributed by atoms with E-state index in [9.17, 15) is 26.7 Å². The van der Waals surface area contributed by atoms with Crippen LogP contribution in [-0.4, -0.2) is 78.6 Å². The Balaban J connectivity index is 4.94. The van der Waals surface area contributed by atoms with Crippen molar-refractivity contribution in [1.29, 1.82) is 0 Å². The summed E-state index contributed by atoms with van der Waals surface area (Å²) in [5, 5.41) is 27.1. The Morgan fingerprint density at radius 1 is 1.05 bits per heavy atom. The van der Waals surface area contributed by atoms with E-state index in [1.807, 2.05) is 0 Å². The lowest BCUT2D eigenvalue weighted by atomic mass is 10.1. The Bertz CT molecular complexity index is 520. The second-order valence-electron chi connectivity index (χ2n) is 3.34. The molecule has 3 atom stereocenters. The van der Waals surface area contributed by atoms with Crippen LogP contribution in [0, 0.1) is 0 Å². The molecule has 14 heteroatoms. The Kier molecular flexibility index (Phi) is 7.08.